The van der Waals surface area contributed by atoms with Crippen LogP contribution in [0.1, 0.15) is 20.7 Å². The van der Waals surface area contributed by atoms with Gasteiger partial charge in [0.25, 0.3) is 11.8 Å². The number of nitrogens with one attached hydrogen (secondary N) is 2. The zero-order valence-electron chi connectivity index (χ0n) is 22.8. The summed E-state index contributed by atoms with van der Waals surface area (Å²) >= 11 is 0. The van der Waals surface area contributed by atoms with Gasteiger partial charge in [-0.3, -0.25) is 9.59 Å². The second-order valence-corrected chi connectivity index (χ2v) is 8.83. The molecular formula is C31H27N3O7. The third kappa shape index (κ3) is 5.76. The molecule has 41 heavy (non-hydrogen) atoms. The zero-order valence-corrected chi connectivity index (χ0v) is 22.8. The smallest absolute Gasteiger partial charge is 0.255 e. The van der Waals surface area contributed by atoms with Gasteiger partial charge in [-0.1, -0.05) is 0 Å². The molecule has 2 amide bonds. The van der Waals surface area contributed by atoms with Crippen LogP contribution in [0.4, 0.5) is 11.4 Å². The van der Waals surface area contributed by atoms with Gasteiger partial charge in [-0.25, -0.2) is 4.98 Å². The van der Waals surface area contributed by atoms with E-state index in [0.717, 1.165) is 5.56 Å². The van der Waals surface area contributed by atoms with Crippen molar-refractivity contribution >= 4 is 34.3 Å². The molecule has 0 aliphatic carbocycles. The van der Waals surface area contributed by atoms with Crippen LogP contribution in [-0.2, 0) is 0 Å². The summed E-state index contributed by atoms with van der Waals surface area (Å²) in [4.78, 5) is 30.1. The molecule has 0 spiro atoms. The number of ether oxygens (including phenoxy) is 4. The molecule has 0 fully saturated rings. The number of benzene rings is 4. The van der Waals surface area contributed by atoms with Crippen LogP contribution < -0.4 is 29.6 Å². The number of hydrogen-bond donors (Lipinski definition) is 2. The third-order valence-electron chi connectivity index (χ3n) is 6.33. The fraction of sp³-hybridized carbons (Fsp3) is 0.129. The van der Waals surface area contributed by atoms with E-state index in [1.807, 2.05) is 0 Å². The minimum atomic E-state index is -0.306. The van der Waals surface area contributed by atoms with Crippen molar-refractivity contribution < 1.29 is 33.0 Å². The Morgan fingerprint density at radius 3 is 1.66 bits per heavy atom. The Labute approximate surface area is 235 Å². The maximum Gasteiger partial charge on any atom is 0.255 e. The summed E-state index contributed by atoms with van der Waals surface area (Å²) in [6, 6.07) is 22.2. The van der Waals surface area contributed by atoms with Crippen molar-refractivity contribution in [3.8, 4) is 34.5 Å². The summed E-state index contributed by atoms with van der Waals surface area (Å²) < 4.78 is 26.9. The molecule has 0 saturated carbocycles. The molecule has 4 aromatic carbocycles. The molecule has 0 atom stereocenters. The highest BCUT2D eigenvalue weighted by Crippen LogP contribution is 2.30. The van der Waals surface area contributed by atoms with E-state index in [-0.39, 0.29) is 11.8 Å². The van der Waals surface area contributed by atoms with E-state index in [4.69, 9.17) is 23.4 Å². The van der Waals surface area contributed by atoms with E-state index in [0.29, 0.717) is 62.5 Å². The van der Waals surface area contributed by atoms with Crippen LogP contribution in [0.3, 0.4) is 0 Å². The van der Waals surface area contributed by atoms with Gasteiger partial charge in [-0.05, 0) is 78.9 Å². The molecule has 5 aromatic rings. The molecule has 208 valence electrons. The average molecular weight is 554 g/mol. The lowest BCUT2D eigenvalue weighted by Crippen LogP contribution is -2.12. The summed E-state index contributed by atoms with van der Waals surface area (Å²) in [6.07, 6.45) is 0. The van der Waals surface area contributed by atoms with E-state index in [9.17, 15) is 9.59 Å². The second-order valence-electron chi connectivity index (χ2n) is 8.83. The van der Waals surface area contributed by atoms with Crippen LogP contribution in [0.2, 0.25) is 0 Å². The summed E-state index contributed by atoms with van der Waals surface area (Å²) in [5.74, 6) is 1.82. The van der Waals surface area contributed by atoms with Crippen molar-refractivity contribution in [3.05, 3.63) is 90.0 Å². The minimum absolute atomic E-state index is 0.289. The fourth-order valence-corrected chi connectivity index (χ4v) is 4.19. The summed E-state index contributed by atoms with van der Waals surface area (Å²) in [7, 11) is 6.10. The Balaban J connectivity index is 1.28. The standard InChI is InChI=1S/C31H27N3O7/c1-37-25-12-7-19(15-27(25)39-3)29(35)32-21-9-5-18(6-10-21)31-34-23-17-22(11-14-24(23)41-31)33-30(36)20-8-13-26(38-2)28(16-20)40-4/h5-17H,1-4H3,(H,32,35)(H,33,36). The number of aromatic nitrogens is 1. The quantitative estimate of drug-likeness (QED) is 0.227. The number of hydrogen-bond acceptors (Lipinski definition) is 8. The van der Waals surface area contributed by atoms with Crippen molar-refractivity contribution in [1.29, 1.82) is 0 Å². The number of amides is 2. The largest absolute Gasteiger partial charge is 0.493 e. The number of rotatable bonds is 9. The van der Waals surface area contributed by atoms with Crippen molar-refractivity contribution in [1.82, 2.24) is 4.98 Å². The fourth-order valence-electron chi connectivity index (χ4n) is 4.19. The minimum Gasteiger partial charge on any atom is -0.493 e. The molecule has 0 radical (unpaired) electrons. The highest BCUT2D eigenvalue weighted by Gasteiger charge is 2.15. The van der Waals surface area contributed by atoms with Crippen molar-refractivity contribution in [3.63, 3.8) is 0 Å². The van der Waals surface area contributed by atoms with Crippen LogP contribution in [0.25, 0.3) is 22.6 Å². The highest BCUT2D eigenvalue weighted by atomic mass is 16.5. The van der Waals surface area contributed by atoms with Gasteiger partial charge in [0.15, 0.2) is 28.6 Å². The van der Waals surface area contributed by atoms with Crippen molar-refractivity contribution in [2.45, 2.75) is 0 Å². The molecule has 0 aliphatic rings. The first-order valence-electron chi connectivity index (χ1n) is 12.5. The van der Waals surface area contributed by atoms with Gasteiger partial charge in [0.05, 0.1) is 28.4 Å². The molecule has 0 bridgehead atoms. The first-order chi connectivity index (χ1) is 19.9. The number of oxazole rings is 1. The number of nitrogens with zero attached hydrogens (tertiary/aromatic N) is 1. The van der Waals surface area contributed by atoms with Gasteiger partial charge in [0.1, 0.15) is 5.52 Å². The topological polar surface area (TPSA) is 121 Å². The molecular weight excluding hydrogens is 526 g/mol. The SMILES string of the molecule is COc1ccc(C(=O)Nc2ccc(-c3nc4cc(NC(=O)c5ccc(OC)c(OC)c5)ccc4o3)cc2)cc1OC. The molecule has 5 rings (SSSR count). The summed E-state index contributed by atoms with van der Waals surface area (Å²) in [5.41, 5.74) is 3.88. The van der Waals surface area contributed by atoms with E-state index >= 15 is 0 Å². The first-order valence-corrected chi connectivity index (χ1v) is 12.5. The van der Waals surface area contributed by atoms with E-state index in [1.54, 1.807) is 78.9 Å². The number of carbonyl (C=O) groups is 2. The lowest BCUT2D eigenvalue weighted by atomic mass is 10.1. The van der Waals surface area contributed by atoms with Gasteiger partial charge in [-0.2, -0.15) is 0 Å². The van der Waals surface area contributed by atoms with E-state index in [2.05, 4.69) is 15.6 Å². The molecule has 0 unspecified atom stereocenters. The number of methoxy groups -OCH3 is 4. The van der Waals surface area contributed by atoms with Crippen LogP contribution in [0.5, 0.6) is 23.0 Å². The number of carbonyl (C=O) groups excluding carboxylic acids is 2. The van der Waals surface area contributed by atoms with E-state index < -0.39 is 0 Å². The predicted molar refractivity (Wildman–Crippen MR) is 154 cm³/mol. The summed E-state index contributed by atoms with van der Waals surface area (Å²) in [5, 5.41) is 5.73. The molecule has 0 saturated heterocycles. The van der Waals surface area contributed by atoms with Crippen LogP contribution in [0.15, 0.2) is 83.3 Å². The summed E-state index contributed by atoms with van der Waals surface area (Å²) in [6.45, 7) is 0. The van der Waals surface area contributed by atoms with Gasteiger partial charge in [-0.15, -0.1) is 0 Å². The highest BCUT2D eigenvalue weighted by molar-refractivity contribution is 6.06. The lowest BCUT2D eigenvalue weighted by Gasteiger charge is -2.10. The average Bonchev–Trinajstić information content (AvgIpc) is 3.44. The van der Waals surface area contributed by atoms with Gasteiger partial charge in [0, 0.05) is 28.1 Å². The van der Waals surface area contributed by atoms with Crippen molar-refractivity contribution in [2.24, 2.45) is 0 Å². The Bertz CT molecular complexity index is 1730. The maximum atomic E-state index is 12.8. The Morgan fingerprint density at radius 2 is 1.12 bits per heavy atom. The third-order valence-corrected chi connectivity index (χ3v) is 6.33. The van der Waals surface area contributed by atoms with E-state index in [1.165, 1.54) is 28.4 Å². The zero-order chi connectivity index (χ0) is 28.9. The second kappa shape index (κ2) is 11.7. The molecule has 1 aromatic heterocycles. The lowest BCUT2D eigenvalue weighted by molar-refractivity contribution is 0.101. The Hall–Kier alpha value is -5.51. The first kappa shape index (κ1) is 27.1. The molecule has 0 aliphatic heterocycles. The molecule has 10 heteroatoms. The molecule has 10 nitrogen and oxygen atoms in total. The van der Waals surface area contributed by atoms with Gasteiger partial charge in [0.2, 0.25) is 5.89 Å². The van der Waals surface area contributed by atoms with Crippen LogP contribution in [-0.4, -0.2) is 45.2 Å². The van der Waals surface area contributed by atoms with Crippen molar-refractivity contribution in [2.75, 3.05) is 39.1 Å². The predicted octanol–water partition coefficient (Wildman–Crippen LogP) is 6.03. The number of fused-ring (bicyclic) bond motifs is 1. The Morgan fingerprint density at radius 1 is 0.610 bits per heavy atom. The Kier molecular flexibility index (Phi) is 7.73. The van der Waals surface area contributed by atoms with Crippen LogP contribution >= 0.6 is 0 Å². The molecule has 2 N–H and O–H groups in total. The normalized spacial score (nSPS) is 10.6. The molecule has 1 heterocycles. The number of anilines is 2. The monoisotopic (exact) mass is 553 g/mol. The van der Waals surface area contributed by atoms with Crippen LogP contribution in [0, 0.1) is 0 Å². The van der Waals surface area contributed by atoms with Gasteiger partial charge >= 0.3 is 0 Å². The van der Waals surface area contributed by atoms with Gasteiger partial charge < -0.3 is 34.0 Å². The maximum absolute atomic E-state index is 12.8.